The number of carbonyl (C=O) groups excluding carboxylic acids is 1. The van der Waals surface area contributed by atoms with Crippen LogP contribution in [-0.4, -0.2) is 26.4 Å². The van der Waals surface area contributed by atoms with E-state index in [2.05, 4.69) is 22.1 Å². The fourth-order valence-electron chi connectivity index (χ4n) is 2.30. The van der Waals surface area contributed by atoms with Crippen LogP contribution in [0.5, 0.6) is 0 Å². The fourth-order valence-corrected chi connectivity index (χ4v) is 3.06. The maximum Gasteiger partial charge on any atom is 0.231 e. The normalized spacial score (nSPS) is 12.0. The lowest BCUT2D eigenvalue weighted by Gasteiger charge is -2.11. The average molecular weight is 358 g/mol. The Morgan fingerprint density at radius 3 is 2.84 bits per heavy atom. The van der Waals surface area contributed by atoms with Crippen LogP contribution < -0.4 is 5.32 Å². The predicted molar refractivity (Wildman–Crippen MR) is 93.9 cm³/mol. The van der Waals surface area contributed by atoms with Gasteiger partial charge in [0.1, 0.15) is 5.76 Å². The van der Waals surface area contributed by atoms with Crippen LogP contribution >= 0.6 is 11.8 Å². The molecule has 0 aliphatic rings. The Hall–Kier alpha value is -2.74. The first-order valence-electron chi connectivity index (χ1n) is 7.72. The van der Waals surface area contributed by atoms with Crippen molar-refractivity contribution in [1.82, 2.24) is 20.1 Å². The quantitative estimate of drug-likeness (QED) is 0.491. The third kappa shape index (κ3) is 4.03. The van der Waals surface area contributed by atoms with Crippen molar-refractivity contribution in [3.8, 4) is 11.6 Å². The van der Waals surface area contributed by atoms with E-state index >= 15 is 0 Å². The second-order valence-electron chi connectivity index (χ2n) is 5.28. The van der Waals surface area contributed by atoms with Crippen molar-refractivity contribution in [2.24, 2.45) is 0 Å². The van der Waals surface area contributed by atoms with Gasteiger partial charge in [0.05, 0.1) is 24.3 Å². The van der Waals surface area contributed by atoms with Gasteiger partial charge in [0.2, 0.25) is 11.7 Å². The molecule has 0 saturated carbocycles. The number of allylic oxidation sites excluding steroid dienone is 1. The van der Waals surface area contributed by atoms with Crippen LogP contribution in [0.25, 0.3) is 11.6 Å². The van der Waals surface area contributed by atoms with Gasteiger partial charge in [-0.25, -0.2) is 0 Å². The largest absolute Gasteiger partial charge is 0.467 e. The van der Waals surface area contributed by atoms with Crippen molar-refractivity contribution in [1.29, 1.82) is 0 Å². The van der Waals surface area contributed by atoms with E-state index in [4.69, 9.17) is 8.83 Å². The molecule has 1 N–H and O–H groups in total. The molecule has 0 fully saturated rings. The first kappa shape index (κ1) is 17.1. The number of thioether (sulfide) groups is 1. The molecule has 0 bridgehead atoms. The van der Waals surface area contributed by atoms with Gasteiger partial charge in [-0.3, -0.25) is 9.36 Å². The zero-order chi connectivity index (χ0) is 17.6. The van der Waals surface area contributed by atoms with Crippen LogP contribution in [-0.2, 0) is 11.3 Å². The molecule has 3 aromatic heterocycles. The van der Waals surface area contributed by atoms with E-state index in [0.29, 0.717) is 29.0 Å². The maximum atomic E-state index is 12.2. The number of aromatic nitrogens is 3. The minimum atomic E-state index is -0.187. The number of rotatable bonds is 8. The van der Waals surface area contributed by atoms with Crippen LogP contribution in [0.1, 0.15) is 18.7 Å². The van der Waals surface area contributed by atoms with E-state index in [1.165, 1.54) is 11.8 Å². The molecule has 0 aromatic carbocycles. The number of carbonyl (C=O) groups is 1. The summed E-state index contributed by atoms with van der Waals surface area (Å²) in [4.78, 5) is 12.2. The van der Waals surface area contributed by atoms with Crippen LogP contribution in [0.2, 0.25) is 0 Å². The highest BCUT2D eigenvalue weighted by molar-refractivity contribution is 7.99. The van der Waals surface area contributed by atoms with Crippen molar-refractivity contribution >= 4 is 17.7 Å². The summed E-state index contributed by atoms with van der Waals surface area (Å²) in [6, 6.07) is 7.04. The first-order valence-corrected chi connectivity index (χ1v) is 8.71. The molecule has 0 saturated heterocycles. The van der Waals surface area contributed by atoms with E-state index in [-0.39, 0.29) is 17.7 Å². The van der Waals surface area contributed by atoms with Crippen molar-refractivity contribution in [3.63, 3.8) is 0 Å². The molecule has 8 heteroatoms. The standard InChI is InChI=1S/C17H18N4O3S/c1-3-8-21-16(14-7-5-10-24-14)19-20-17(21)25-11-15(22)18-12(2)13-6-4-9-23-13/h3-7,9-10,12H,1,8,11H2,2H3,(H,18,22). The van der Waals surface area contributed by atoms with E-state index < -0.39 is 0 Å². The molecule has 3 heterocycles. The third-order valence-electron chi connectivity index (χ3n) is 3.45. The second-order valence-corrected chi connectivity index (χ2v) is 6.22. The van der Waals surface area contributed by atoms with Crippen LogP contribution in [0, 0.1) is 0 Å². The lowest BCUT2D eigenvalue weighted by Crippen LogP contribution is -2.28. The Kier molecular flexibility index (Phi) is 5.39. The molecule has 130 valence electrons. The van der Waals surface area contributed by atoms with Gasteiger partial charge < -0.3 is 14.2 Å². The van der Waals surface area contributed by atoms with Crippen molar-refractivity contribution in [2.45, 2.75) is 24.7 Å². The average Bonchev–Trinajstić information content (AvgIpc) is 3.34. The van der Waals surface area contributed by atoms with Crippen molar-refractivity contribution < 1.29 is 13.6 Å². The molecule has 0 spiro atoms. The molecule has 0 radical (unpaired) electrons. The zero-order valence-corrected chi connectivity index (χ0v) is 14.5. The van der Waals surface area contributed by atoms with Crippen molar-refractivity contribution in [2.75, 3.05) is 5.75 Å². The molecule has 1 unspecified atom stereocenters. The number of hydrogen-bond acceptors (Lipinski definition) is 6. The lowest BCUT2D eigenvalue weighted by molar-refractivity contribution is -0.119. The van der Waals surface area contributed by atoms with Crippen LogP contribution in [0.15, 0.2) is 63.4 Å². The molecule has 0 aliphatic carbocycles. The van der Waals surface area contributed by atoms with E-state index in [1.807, 2.05) is 23.6 Å². The van der Waals surface area contributed by atoms with Crippen LogP contribution in [0.4, 0.5) is 0 Å². The van der Waals surface area contributed by atoms with Gasteiger partial charge in [-0.05, 0) is 31.2 Å². The fraction of sp³-hybridized carbons (Fsp3) is 0.235. The third-order valence-corrected chi connectivity index (χ3v) is 4.42. The Morgan fingerprint density at radius 1 is 1.36 bits per heavy atom. The summed E-state index contributed by atoms with van der Waals surface area (Å²) in [7, 11) is 0. The molecule has 1 atom stereocenters. The summed E-state index contributed by atoms with van der Waals surface area (Å²) >= 11 is 1.31. The number of nitrogens with zero attached hydrogens (tertiary/aromatic N) is 3. The second kappa shape index (κ2) is 7.89. The number of furan rings is 2. The molecule has 3 aromatic rings. The van der Waals surface area contributed by atoms with Gasteiger partial charge in [-0.15, -0.1) is 16.8 Å². The SMILES string of the molecule is C=CCn1c(SCC(=O)NC(C)c2ccco2)nnc1-c1ccco1. The smallest absolute Gasteiger partial charge is 0.231 e. The number of amides is 1. The highest BCUT2D eigenvalue weighted by atomic mass is 32.2. The molecule has 1 amide bonds. The van der Waals surface area contributed by atoms with E-state index in [0.717, 1.165) is 0 Å². The molecule has 25 heavy (non-hydrogen) atoms. The summed E-state index contributed by atoms with van der Waals surface area (Å²) < 4.78 is 12.5. The van der Waals surface area contributed by atoms with Gasteiger partial charge in [0.15, 0.2) is 10.9 Å². The molecular formula is C17H18N4O3S. The summed E-state index contributed by atoms with van der Waals surface area (Å²) in [5.74, 6) is 2.06. The minimum absolute atomic E-state index is 0.110. The number of hydrogen-bond donors (Lipinski definition) is 1. The summed E-state index contributed by atoms with van der Waals surface area (Å²) in [5, 5.41) is 11.8. The Morgan fingerprint density at radius 2 is 2.16 bits per heavy atom. The topological polar surface area (TPSA) is 86.1 Å². The van der Waals surface area contributed by atoms with E-state index in [1.54, 1.807) is 30.7 Å². The highest BCUT2D eigenvalue weighted by Crippen LogP contribution is 2.24. The van der Waals surface area contributed by atoms with Gasteiger partial charge in [0.25, 0.3) is 0 Å². The zero-order valence-electron chi connectivity index (χ0n) is 13.7. The predicted octanol–water partition coefficient (Wildman–Crippen LogP) is 3.29. The molecular weight excluding hydrogens is 340 g/mol. The minimum Gasteiger partial charge on any atom is -0.467 e. The van der Waals surface area contributed by atoms with Crippen molar-refractivity contribution in [3.05, 3.63) is 55.2 Å². The molecule has 3 rings (SSSR count). The summed E-state index contributed by atoms with van der Waals surface area (Å²) in [5.41, 5.74) is 0. The Bertz CT molecular complexity index is 824. The lowest BCUT2D eigenvalue weighted by atomic mass is 10.2. The Labute approximate surface area is 149 Å². The monoisotopic (exact) mass is 358 g/mol. The molecule has 0 aliphatic heterocycles. The van der Waals surface area contributed by atoms with Gasteiger partial charge in [0, 0.05) is 6.54 Å². The maximum absolute atomic E-state index is 12.2. The summed E-state index contributed by atoms with van der Waals surface area (Å²) in [6.45, 7) is 6.15. The van der Waals surface area contributed by atoms with E-state index in [9.17, 15) is 4.79 Å². The number of nitrogens with one attached hydrogen (secondary N) is 1. The highest BCUT2D eigenvalue weighted by Gasteiger charge is 2.17. The Balaban J connectivity index is 1.64. The van der Waals surface area contributed by atoms with Gasteiger partial charge in [-0.2, -0.15) is 0 Å². The first-order chi connectivity index (χ1) is 12.2. The summed E-state index contributed by atoms with van der Waals surface area (Å²) in [6.07, 6.45) is 4.91. The molecule has 7 nitrogen and oxygen atoms in total. The van der Waals surface area contributed by atoms with Gasteiger partial charge in [-0.1, -0.05) is 17.8 Å². The van der Waals surface area contributed by atoms with Crippen LogP contribution in [0.3, 0.4) is 0 Å². The van der Waals surface area contributed by atoms with Gasteiger partial charge >= 0.3 is 0 Å².